The quantitative estimate of drug-likeness (QED) is 0.161. The Bertz CT molecular complexity index is 1930. The molecule has 202 valence electrons. The molecule has 0 radical (unpaired) electrons. The van der Waals surface area contributed by atoms with Crippen molar-refractivity contribution in [3.05, 3.63) is 149 Å². The van der Waals surface area contributed by atoms with Gasteiger partial charge in [0.05, 0.1) is 5.56 Å². The molecule has 2 nitrogen and oxygen atoms in total. The molecule has 0 saturated heterocycles. The molecule has 0 bridgehead atoms. The van der Waals surface area contributed by atoms with Crippen molar-refractivity contribution in [3.8, 4) is 6.07 Å². The van der Waals surface area contributed by atoms with Gasteiger partial charge in [0.15, 0.2) is 0 Å². The Labute approximate surface area is 247 Å². The monoisotopic (exact) mass is 540 g/mol. The van der Waals surface area contributed by atoms with Crippen molar-refractivity contribution in [2.24, 2.45) is 0 Å². The van der Waals surface area contributed by atoms with Crippen molar-refractivity contribution in [2.75, 3.05) is 4.90 Å². The van der Waals surface area contributed by atoms with Crippen LogP contribution in [0, 0.1) is 18.3 Å². The topological polar surface area (TPSA) is 27.0 Å². The zero-order valence-corrected chi connectivity index (χ0v) is 23.8. The number of anilines is 3. The molecule has 7 rings (SSSR count). The van der Waals surface area contributed by atoms with E-state index in [1.165, 1.54) is 40.9 Å². The minimum absolute atomic E-state index is 0.738. The van der Waals surface area contributed by atoms with Crippen LogP contribution >= 0.6 is 0 Å². The summed E-state index contributed by atoms with van der Waals surface area (Å²) in [6.45, 7) is 2.14. The smallest absolute Gasteiger partial charge is 0.100 e. The van der Waals surface area contributed by atoms with E-state index in [4.69, 9.17) is 0 Å². The summed E-state index contributed by atoms with van der Waals surface area (Å²) in [5.41, 5.74) is 10.9. The fourth-order valence-electron chi connectivity index (χ4n) is 6.47. The van der Waals surface area contributed by atoms with Crippen LogP contribution in [0.5, 0.6) is 0 Å². The molecule has 0 aliphatic heterocycles. The lowest BCUT2D eigenvalue weighted by atomic mass is 9.89. The van der Waals surface area contributed by atoms with Crippen molar-refractivity contribution in [3.63, 3.8) is 0 Å². The maximum Gasteiger partial charge on any atom is 0.100 e. The second-order valence-corrected chi connectivity index (χ2v) is 11.2. The van der Waals surface area contributed by atoms with Crippen LogP contribution in [0.1, 0.15) is 46.2 Å². The van der Waals surface area contributed by atoms with Crippen LogP contribution in [0.4, 0.5) is 17.1 Å². The number of hydrogen-bond acceptors (Lipinski definition) is 2. The van der Waals surface area contributed by atoms with Crippen molar-refractivity contribution in [1.29, 1.82) is 5.26 Å². The highest BCUT2D eigenvalue weighted by Gasteiger charge is 2.20. The van der Waals surface area contributed by atoms with Crippen molar-refractivity contribution in [1.82, 2.24) is 0 Å². The van der Waals surface area contributed by atoms with Gasteiger partial charge in [0.1, 0.15) is 6.07 Å². The molecular formula is C40H32N2. The molecule has 6 aromatic carbocycles. The van der Waals surface area contributed by atoms with Gasteiger partial charge in [-0.05, 0) is 96.0 Å². The van der Waals surface area contributed by atoms with E-state index < -0.39 is 0 Å². The number of hydrogen-bond donors (Lipinski definition) is 0. The molecule has 0 saturated carbocycles. The third-order valence-corrected chi connectivity index (χ3v) is 8.58. The number of nitrogens with zero attached hydrogens (tertiary/aromatic N) is 2. The van der Waals surface area contributed by atoms with Gasteiger partial charge in [-0.15, -0.1) is 0 Å². The number of aryl methyl sites for hydroxylation is 2. The van der Waals surface area contributed by atoms with E-state index in [2.05, 4.69) is 121 Å². The Hall–Kier alpha value is -5.13. The van der Waals surface area contributed by atoms with Crippen LogP contribution in [0.3, 0.4) is 0 Å². The lowest BCUT2D eigenvalue weighted by molar-refractivity contribution is 0.686. The first-order chi connectivity index (χ1) is 20.7. The molecule has 1 aliphatic carbocycles. The van der Waals surface area contributed by atoms with Gasteiger partial charge in [-0.1, -0.05) is 103 Å². The first-order valence-corrected chi connectivity index (χ1v) is 14.8. The molecular weight excluding hydrogens is 508 g/mol. The summed E-state index contributed by atoms with van der Waals surface area (Å²) in [5, 5.41) is 14.2. The largest absolute Gasteiger partial charge is 0.310 e. The van der Waals surface area contributed by atoms with Gasteiger partial charge >= 0.3 is 0 Å². The van der Waals surface area contributed by atoms with Crippen molar-refractivity contribution in [2.45, 2.75) is 32.6 Å². The molecule has 0 unspecified atom stereocenters. The van der Waals surface area contributed by atoms with Crippen LogP contribution in [-0.2, 0) is 12.8 Å². The third-order valence-electron chi connectivity index (χ3n) is 8.58. The van der Waals surface area contributed by atoms with Gasteiger partial charge in [-0.25, -0.2) is 0 Å². The van der Waals surface area contributed by atoms with Gasteiger partial charge < -0.3 is 4.90 Å². The summed E-state index contributed by atoms with van der Waals surface area (Å²) in [7, 11) is 0. The highest BCUT2D eigenvalue weighted by atomic mass is 15.1. The van der Waals surface area contributed by atoms with Crippen molar-refractivity contribution < 1.29 is 0 Å². The van der Waals surface area contributed by atoms with Gasteiger partial charge in [0.25, 0.3) is 0 Å². The molecule has 1 aliphatic rings. The molecule has 0 atom stereocenters. The van der Waals surface area contributed by atoms with Gasteiger partial charge in [0, 0.05) is 27.8 Å². The summed E-state index contributed by atoms with van der Waals surface area (Å²) >= 11 is 0. The van der Waals surface area contributed by atoms with E-state index in [-0.39, 0.29) is 0 Å². The van der Waals surface area contributed by atoms with E-state index in [1.807, 2.05) is 24.3 Å². The number of fused-ring (bicyclic) bond motifs is 3. The molecule has 0 heterocycles. The Balaban J connectivity index is 1.30. The Morgan fingerprint density at radius 1 is 0.619 bits per heavy atom. The number of rotatable bonds is 5. The fourth-order valence-corrected chi connectivity index (χ4v) is 6.47. The highest BCUT2D eigenvalue weighted by Crippen LogP contribution is 2.40. The van der Waals surface area contributed by atoms with Gasteiger partial charge in [0.2, 0.25) is 0 Å². The van der Waals surface area contributed by atoms with E-state index >= 15 is 0 Å². The lowest BCUT2D eigenvalue weighted by Crippen LogP contribution is -2.15. The first kappa shape index (κ1) is 25.8. The summed E-state index contributed by atoms with van der Waals surface area (Å²) in [6.07, 6.45) is 9.19. The molecule has 0 aromatic heterocycles. The Morgan fingerprint density at radius 2 is 1.21 bits per heavy atom. The molecule has 42 heavy (non-hydrogen) atoms. The minimum Gasteiger partial charge on any atom is -0.310 e. The van der Waals surface area contributed by atoms with E-state index in [0.717, 1.165) is 56.8 Å². The van der Waals surface area contributed by atoms with E-state index in [9.17, 15) is 5.26 Å². The van der Waals surface area contributed by atoms with Crippen LogP contribution in [-0.4, -0.2) is 0 Å². The third kappa shape index (κ3) is 4.64. The molecule has 0 N–H and O–H groups in total. The molecule has 6 aromatic rings. The van der Waals surface area contributed by atoms with E-state index in [0.29, 0.717) is 0 Å². The summed E-state index contributed by atoms with van der Waals surface area (Å²) < 4.78 is 0. The van der Waals surface area contributed by atoms with Crippen molar-refractivity contribution >= 4 is 50.8 Å². The van der Waals surface area contributed by atoms with E-state index in [1.54, 1.807) is 0 Å². The van der Waals surface area contributed by atoms with Gasteiger partial charge in [-0.3, -0.25) is 0 Å². The number of nitriles is 1. The molecule has 2 heteroatoms. The minimum atomic E-state index is 0.738. The average molecular weight is 541 g/mol. The van der Waals surface area contributed by atoms with Crippen LogP contribution in [0.15, 0.2) is 115 Å². The van der Waals surface area contributed by atoms with Crippen LogP contribution < -0.4 is 4.90 Å². The number of benzene rings is 6. The standard InChI is InChI=1S/C40H32N2/c1-28-17-22-31(23-18-28)42(40-16-8-10-30-9-2-3-11-33(30)40)32-24-19-29(20-25-32)21-26-38-34-12-4-6-14-36(34)39(27-41)37-15-7-5-13-35(37)38/h4-8,10,12-26H,2-3,9,11H2,1H3. The maximum absolute atomic E-state index is 9.97. The first-order valence-electron chi connectivity index (χ1n) is 14.8. The fraction of sp³-hybridized carbons (Fsp3) is 0.125. The Kier molecular flexibility index (Phi) is 6.78. The SMILES string of the molecule is Cc1ccc(N(c2ccc(C=Cc3c4ccccc4c(C#N)c4ccccc34)cc2)c2cccc3c2CCCC3)cc1. The Morgan fingerprint density at radius 3 is 1.86 bits per heavy atom. The lowest BCUT2D eigenvalue weighted by Gasteiger charge is -2.30. The molecule has 0 amide bonds. The molecule has 0 spiro atoms. The second-order valence-electron chi connectivity index (χ2n) is 11.2. The summed E-state index contributed by atoms with van der Waals surface area (Å²) in [6, 6.07) is 43.4. The highest BCUT2D eigenvalue weighted by molar-refractivity contribution is 6.12. The zero-order valence-electron chi connectivity index (χ0n) is 23.8. The second kappa shape index (κ2) is 11.0. The molecule has 0 fully saturated rings. The normalized spacial score (nSPS) is 12.9. The van der Waals surface area contributed by atoms with Crippen LogP contribution in [0.25, 0.3) is 33.7 Å². The predicted octanol–water partition coefficient (Wildman–Crippen LogP) is 10.7. The maximum atomic E-state index is 9.97. The van der Waals surface area contributed by atoms with Crippen LogP contribution in [0.2, 0.25) is 0 Å². The van der Waals surface area contributed by atoms with Gasteiger partial charge in [-0.2, -0.15) is 5.26 Å². The summed E-state index contributed by atoms with van der Waals surface area (Å²) in [4.78, 5) is 2.42. The summed E-state index contributed by atoms with van der Waals surface area (Å²) in [5.74, 6) is 0. The average Bonchev–Trinajstić information content (AvgIpc) is 3.05. The zero-order chi connectivity index (χ0) is 28.5. The predicted molar refractivity (Wildman–Crippen MR) is 178 cm³/mol.